The smallest absolute Gasteiger partial charge is 0.0312 e. The molecule has 0 unspecified atom stereocenters. The third-order valence-electron chi connectivity index (χ3n) is 3.73. The van der Waals surface area contributed by atoms with E-state index in [4.69, 9.17) is 11.8 Å². The van der Waals surface area contributed by atoms with Crippen molar-refractivity contribution in [3.8, 4) is 0 Å². The van der Waals surface area contributed by atoms with Crippen LogP contribution in [0.25, 0.3) is 0 Å². The van der Waals surface area contributed by atoms with E-state index < -0.39 is 6.04 Å². The second kappa shape index (κ2) is 4.97. The van der Waals surface area contributed by atoms with E-state index in [1.54, 1.807) is 0 Å². The highest BCUT2D eigenvalue weighted by Gasteiger charge is 2.41. The third-order valence-corrected chi connectivity index (χ3v) is 9.57. The van der Waals surface area contributed by atoms with Crippen LogP contribution in [0, 0.1) is 10.8 Å². The Hall–Kier alpha value is -0.650. The van der Waals surface area contributed by atoms with Crippen molar-refractivity contribution in [2.75, 3.05) is 0 Å². The topological polar surface area (TPSA) is 0 Å². The first-order valence-electron chi connectivity index (χ1n) is 7.17. The van der Waals surface area contributed by atoms with Crippen LogP contribution < -0.4 is 5.30 Å². The molecule has 108 valence electrons. The van der Waals surface area contributed by atoms with Crippen LogP contribution in [-0.4, -0.2) is 0 Å². The van der Waals surface area contributed by atoms with Crippen LogP contribution in [0.1, 0.15) is 41.5 Å². The molecule has 0 bridgehead atoms. The number of hydrogen-bond donors (Lipinski definition) is 0. The Morgan fingerprint density at radius 1 is 0.750 bits per heavy atom. The summed E-state index contributed by atoms with van der Waals surface area (Å²) in [7, 11) is 0. The lowest BCUT2D eigenvalue weighted by molar-refractivity contribution is 0.525. The van der Waals surface area contributed by atoms with Crippen LogP contribution in [0.2, 0.25) is 0 Å². The standard InChI is InChI=1S/C18H25PS/c1-17(2,3)15-12-13-16(18(4,5)6)19(15,20)14-10-8-7-9-11-14/h7-13H,1-6H3. The number of benzene rings is 1. The molecule has 0 saturated carbocycles. The molecule has 2 heteroatoms. The summed E-state index contributed by atoms with van der Waals surface area (Å²) in [6, 6.07) is 8.90. The summed E-state index contributed by atoms with van der Waals surface area (Å²) in [5.41, 5.74) is 0.240. The largest absolute Gasteiger partial charge is 0.0832 e. The zero-order valence-electron chi connectivity index (χ0n) is 13.4. The molecule has 0 fully saturated rings. The van der Waals surface area contributed by atoms with E-state index in [9.17, 15) is 0 Å². The second-order valence-electron chi connectivity index (χ2n) is 7.55. The molecule has 0 atom stereocenters. The van der Waals surface area contributed by atoms with Gasteiger partial charge < -0.3 is 0 Å². The summed E-state index contributed by atoms with van der Waals surface area (Å²) in [5, 5.41) is 4.21. The average molecular weight is 304 g/mol. The van der Waals surface area contributed by atoms with Crippen LogP contribution in [0.5, 0.6) is 0 Å². The fourth-order valence-electron chi connectivity index (χ4n) is 2.86. The maximum absolute atomic E-state index is 6.35. The molecule has 2 rings (SSSR count). The van der Waals surface area contributed by atoms with Crippen LogP contribution in [0.15, 0.2) is 53.1 Å². The zero-order chi connectivity index (χ0) is 15.2. The molecule has 0 amide bonds. The quantitative estimate of drug-likeness (QED) is 0.603. The Morgan fingerprint density at radius 2 is 1.15 bits per heavy atom. The first-order chi connectivity index (χ1) is 9.08. The van der Waals surface area contributed by atoms with Gasteiger partial charge in [-0.3, -0.25) is 0 Å². The molecule has 1 aromatic carbocycles. The van der Waals surface area contributed by atoms with Gasteiger partial charge in [0, 0.05) is 6.04 Å². The lowest BCUT2D eigenvalue weighted by Gasteiger charge is -2.37. The minimum atomic E-state index is -1.83. The molecule has 0 radical (unpaired) electrons. The van der Waals surface area contributed by atoms with E-state index >= 15 is 0 Å². The number of allylic oxidation sites excluding steroid dienone is 4. The summed E-state index contributed by atoms with van der Waals surface area (Å²) in [6.07, 6.45) is 4.60. The van der Waals surface area contributed by atoms with Gasteiger partial charge in [-0.2, -0.15) is 0 Å². The van der Waals surface area contributed by atoms with E-state index in [1.807, 2.05) is 0 Å². The highest BCUT2D eigenvalue weighted by Crippen LogP contribution is 2.71. The van der Waals surface area contributed by atoms with E-state index in [0.29, 0.717) is 0 Å². The highest BCUT2D eigenvalue weighted by molar-refractivity contribution is 8.22. The Labute approximate surface area is 129 Å². The molecule has 0 aliphatic carbocycles. The maximum Gasteiger partial charge on any atom is 0.0312 e. The van der Waals surface area contributed by atoms with Crippen LogP contribution in [-0.2, 0) is 11.8 Å². The maximum atomic E-state index is 6.35. The Morgan fingerprint density at radius 3 is 1.50 bits per heavy atom. The van der Waals surface area contributed by atoms with E-state index in [1.165, 1.54) is 15.9 Å². The van der Waals surface area contributed by atoms with Crippen molar-refractivity contribution < 1.29 is 0 Å². The predicted molar refractivity (Wildman–Crippen MR) is 95.4 cm³/mol. The lowest BCUT2D eigenvalue weighted by atomic mass is 9.94. The van der Waals surface area contributed by atoms with Gasteiger partial charge >= 0.3 is 0 Å². The van der Waals surface area contributed by atoms with Crippen molar-refractivity contribution >= 4 is 23.1 Å². The molecule has 1 aliphatic rings. The molecule has 0 aromatic heterocycles. The number of hydrogen-bond acceptors (Lipinski definition) is 1. The molecule has 0 N–H and O–H groups in total. The van der Waals surface area contributed by atoms with Crippen molar-refractivity contribution in [1.82, 2.24) is 0 Å². The predicted octanol–water partition coefficient (Wildman–Crippen LogP) is 5.67. The summed E-state index contributed by atoms with van der Waals surface area (Å²) in [5.74, 6) is 0. The van der Waals surface area contributed by atoms with Crippen molar-refractivity contribution in [1.29, 1.82) is 0 Å². The van der Waals surface area contributed by atoms with Gasteiger partial charge in [0.1, 0.15) is 0 Å². The Kier molecular flexibility index (Phi) is 3.91. The molecular weight excluding hydrogens is 279 g/mol. The minimum Gasteiger partial charge on any atom is -0.0832 e. The van der Waals surface area contributed by atoms with Gasteiger partial charge in [0.05, 0.1) is 0 Å². The van der Waals surface area contributed by atoms with E-state index in [-0.39, 0.29) is 10.8 Å². The van der Waals surface area contributed by atoms with Gasteiger partial charge in [-0.1, -0.05) is 95.8 Å². The highest BCUT2D eigenvalue weighted by atomic mass is 32.4. The van der Waals surface area contributed by atoms with Crippen LogP contribution in [0.3, 0.4) is 0 Å². The zero-order valence-corrected chi connectivity index (χ0v) is 15.1. The minimum absolute atomic E-state index is 0.120. The van der Waals surface area contributed by atoms with Crippen molar-refractivity contribution in [2.45, 2.75) is 41.5 Å². The Balaban J connectivity index is 2.67. The third kappa shape index (κ3) is 2.59. The van der Waals surface area contributed by atoms with Gasteiger partial charge in [-0.25, -0.2) is 0 Å². The van der Waals surface area contributed by atoms with Gasteiger partial charge in [0.2, 0.25) is 0 Å². The summed E-state index contributed by atoms with van der Waals surface area (Å²) >= 11 is 6.35. The summed E-state index contributed by atoms with van der Waals surface area (Å²) in [4.78, 5) is 0. The molecule has 1 aliphatic heterocycles. The van der Waals surface area contributed by atoms with Crippen molar-refractivity contribution in [3.05, 3.63) is 53.1 Å². The molecule has 1 heterocycles. The van der Waals surface area contributed by atoms with Gasteiger partial charge in [-0.05, 0) is 26.8 Å². The van der Waals surface area contributed by atoms with Crippen LogP contribution in [0.4, 0.5) is 0 Å². The first kappa shape index (κ1) is 15.7. The second-order valence-corrected chi connectivity index (χ2v) is 11.9. The monoisotopic (exact) mass is 304 g/mol. The van der Waals surface area contributed by atoms with Crippen molar-refractivity contribution in [2.24, 2.45) is 10.8 Å². The average Bonchev–Trinajstić information content (AvgIpc) is 2.69. The van der Waals surface area contributed by atoms with Crippen LogP contribution >= 0.6 is 6.04 Å². The van der Waals surface area contributed by atoms with Gasteiger partial charge in [0.15, 0.2) is 0 Å². The van der Waals surface area contributed by atoms with Crippen molar-refractivity contribution in [3.63, 3.8) is 0 Å². The molecule has 20 heavy (non-hydrogen) atoms. The molecule has 1 aromatic rings. The molecule has 0 nitrogen and oxygen atoms in total. The van der Waals surface area contributed by atoms with Gasteiger partial charge in [0.25, 0.3) is 0 Å². The summed E-state index contributed by atoms with van der Waals surface area (Å²) < 4.78 is 0. The molecule has 0 saturated heterocycles. The SMILES string of the molecule is CC(C)(C)C1=CC=C(C(C)(C)C)P1(=S)c1ccccc1. The van der Waals surface area contributed by atoms with E-state index in [2.05, 4.69) is 84.0 Å². The van der Waals surface area contributed by atoms with Gasteiger partial charge in [-0.15, -0.1) is 0 Å². The van der Waals surface area contributed by atoms with E-state index in [0.717, 1.165) is 0 Å². The Bertz CT molecular complexity index is 573. The molecular formula is C18H25PS. The number of rotatable bonds is 1. The molecule has 0 spiro atoms. The fraction of sp³-hybridized carbons (Fsp3) is 0.444. The normalized spacial score (nSPS) is 18.7. The summed E-state index contributed by atoms with van der Waals surface area (Å²) in [6.45, 7) is 13.7. The fourth-order valence-corrected chi connectivity index (χ4v) is 9.10. The lowest BCUT2D eigenvalue weighted by Crippen LogP contribution is -2.19. The first-order valence-corrected chi connectivity index (χ1v) is 9.98.